The number of nitrogens with zero attached hydrogens (tertiary/aromatic N) is 1. The van der Waals surface area contributed by atoms with E-state index in [0.717, 1.165) is 6.07 Å². The van der Waals surface area contributed by atoms with Crippen LogP contribution in [0.4, 0.5) is 29.3 Å². The lowest BCUT2D eigenvalue weighted by atomic mass is 10.1. The average molecular weight is 567 g/mol. The van der Waals surface area contributed by atoms with Crippen LogP contribution in [0.2, 0.25) is 5.02 Å². The van der Waals surface area contributed by atoms with Crippen LogP contribution < -0.4 is 25.4 Å². The first kappa shape index (κ1) is 29.0. The van der Waals surface area contributed by atoms with E-state index in [1.807, 2.05) is 0 Å². The number of anilines is 2. The number of alkyl halides is 3. The highest BCUT2D eigenvalue weighted by Crippen LogP contribution is 2.40. The van der Waals surface area contributed by atoms with Crippen LogP contribution in [0.5, 0.6) is 17.2 Å². The first-order chi connectivity index (χ1) is 18.5. The molecule has 0 spiro atoms. The number of rotatable bonds is 10. The molecule has 0 aliphatic rings. The Morgan fingerprint density at radius 1 is 1.03 bits per heavy atom. The van der Waals surface area contributed by atoms with Gasteiger partial charge in [-0.05, 0) is 42.8 Å². The Labute approximate surface area is 225 Å². The summed E-state index contributed by atoms with van der Waals surface area (Å²) in [5.41, 5.74) is -1.06. The second-order valence-corrected chi connectivity index (χ2v) is 8.24. The van der Waals surface area contributed by atoms with Crippen LogP contribution in [0.1, 0.15) is 28.9 Å². The summed E-state index contributed by atoms with van der Waals surface area (Å²) in [7, 11) is 1.47. The Bertz CT molecular complexity index is 1350. The Kier molecular flexibility index (Phi) is 9.55. The molecule has 0 radical (unpaired) electrons. The highest BCUT2D eigenvalue weighted by atomic mass is 35.5. The average Bonchev–Trinajstić information content (AvgIpc) is 2.88. The minimum absolute atomic E-state index is 0.0840. The number of hydrogen-bond donors (Lipinski definition) is 4. The van der Waals surface area contributed by atoms with E-state index in [4.69, 9.17) is 26.2 Å². The maximum atomic E-state index is 13.4. The zero-order valence-corrected chi connectivity index (χ0v) is 21.0. The lowest BCUT2D eigenvalue weighted by molar-refractivity contribution is -0.138. The molecule has 1 aromatic heterocycles. The fraction of sp³-hybridized carbons (Fsp3) is 0.200. The molecule has 0 unspecified atom stereocenters. The molecule has 3 aromatic rings. The number of benzene rings is 2. The smallest absolute Gasteiger partial charge is 0.417 e. The second-order valence-electron chi connectivity index (χ2n) is 7.83. The molecule has 3 amide bonds. The van der Waals surface area contributed by atoms with Gasteiger partial charge in [0.2, 0.25) is 0 Å². The van der Waals surface area contributed by atoms with Crippen molar-refractivity contribution in [2.45, 2.75) is 19.0 Å². The molecule has 2 aromatic carbocycles. The van der Waals surface area contributed by atoms with Gasteiger partial charge in [-0.25, -0.2) is 4.79 Å². The third-order valence-corrected chi connectivity index (χ3v) is 5.27. The van der Waals surface area contributed by atoms with E-state index in [0.29, 0.717) is 17.6 Å². The Morgan fingerprint density at radius 3 is 2.38 bits per heavy atom. The van der Waals surface area contributed by atoms with E-state index in [1.165, 1.54) is 43.6 Å². The number of hydrogen-bond acceptors (Lipinski definition) is 6. The zero-order chi connectivity index (χ0) is 28.6. The number of halogens is 4. The summed E-state index contributed by atoms with van der Waals surface area (Å²) in [6.07, 6.45) is -3.52. The number of aliphatic carboxylic acids is 1. The predicted octanol–water partition coefficient (Wildman–Crippen LogP) is 5.79. The van der Waals surface area contributed by atoms with Gasteiger partial charge in [0.1, 0.15) is 22.9 Å². The van der Waals surface area contributed by atoms with Gasteiger partial charge in [-0.1, -0.05) is 11.6 Å². The second kappa shape index (κ2) is 12.8. The molecule has 206 valence electrons. The number of amides is 3. The number of nitrogens with one attached hydrogen (secondary N) is 3. The largest absolute Gasteiger partial charge is 0.491 e. The Hall–Kier alpha value is -4.52. The summed E-state index contributed by atoms with van der Waals surface area (Å²) in [4.78, 5) is 38.9. The summed E-state index contributed by atoms with van der Waals surface area (Å²) in [6.45, 7) is -0.131. The highest BCUT2D eigenvalue weighted by Gasteiger charge is 2.34. The summed E-state index contributed by atoms with van der Waals surface area (Å²) >= 11 is 5.76. The molecule has 0 bridgehead atoms. The van der Waals surface area contributed by atoms with Gasteiger partial charge in [0.25, 0.3) is 5.91 Å². The van der Waals surface area contributed by atoms with Gasteiger partial charge in [-0.15, -0.1) is 0 Å². The van der Waals surface area contributed by atoms with Crippen molar-refractivity contribution in [1.82, 2.24) is 10.3 Å². The van der Waals surface area contributed by atoms with Gasteiger partial charge in [-0.2, -0.15) is 13.2 Å². The number of carbonyl (C=O) groups is 3. The molecule has 0 atom stereocenters. The molecular weight excluding hydrogens is 545 g/mol. The highest BCUT2D eigenvalue weighted by molar-refractivity contribution is 6.31. The van der Waals surface area contributed by atoms with Gasteiger partial charge in [0.15, 0.2) is 0 Å². The standard InChI is InChI=1S/C25H22ClF3N4O6/c1-30-23(36)20-11-16(8-9-31-20)39-15-6-4-14(5-7-15)32-24(37)33-19-12-17(25(27,28)29)18(26)13-21(19)38-10-2-3-22(34)35/h4-9,11-13H,2-3,10H2,1H3,(H,30,36)(H,34,35)(H2,32,33,37). The Balaban J connectivity index is 1.70. The van der Waals surface area contributed by atoms with E-state index in [9.17, 15) is 27.6 Å². The van der Waals surface area contributed by atoms with Crippen LogP contribution in [0, 0.1) is 0 Å². The van der Waals surface area contributed by atoms with E-state index in [2.05, 4.69) is 20.9 Å². The minimum atomic E-state index is -4.79. The molecule has 39 heavy (non-hydrogen) atoms. The van der Waals surface area contributed by atoms with Crippen molar-refractivity contribution in [1.29, 1.82) is 0 Å². The van der Waals surface area contributed by atoms with E-state index < -0.39 is 28.8 Å². The van der Waals surface area contributed by atoms with Crippen molar-refractivity contribution in [2.75, 3.05) is 24.3 Å². The molecule has 0 aliphatic carbocycles. The minimum Gasteiger partial charge on any atom is -0.491 e. The van der Waals surface area contributed by atoms with Gasteiger partial charge >= 0.3 is 18.2 Å². The third-order valence-electron chi connectivity index (χ3n) is 4.95. The Morgan fingerprint density at radius 2 is 1.74 bits per heavy atom. The first-order valence-electron chi connectivity index (χ1n) is 11.3. The fourth-order valence-electron chi connectivity index (χ4n) is 3.15. The van der Waals surface area contributed by atoms with E-state index >= 15 is 0 Å². The number of carboxylic acid groups (broad SMARTS) is 1. The summed E-state index contributed by atoms with van der Waals surface area (Å²) in [6, 6.07) is 9.68. The lowest BCUT2D eigenvalue weighted by Crippen LogP contribution is -2.20. The maximum Gasteiger partial charge on any atom is 0.417 e. The molecule has 0 saturated heterocycles. The van der Waals surface area contributed by atoms with Crippen LogP contribution in [-0.2, 0) is 11.0 Å². The predicted molar refractivity (Wildman–Crippen MR) is 136 cm³/mol. The van der Waals surface area contributed by atoms with Crippen molar-refractivity contribution in [3.05, 3.63) is 71.0 Å². The van der Waals surface area contributed by atoms with Crippen LogP contribution in [0.25, 0.3) is 0 Å². The summed E-state index contributed by atoms with van der Waals surface area (Å²) in [5.74, 6) is -0.887. The number of carbonyl (C=O) groups excluding carboxylic acids is 2. The number of pyridine rings is 1. The molecular formula is C25H22ClF3N4O6. The molecule has 0 aliphatic heterocycles. The normalized spacial score (nSPS) is 10.9. The maximum absolute atomic E-state index is 13.4. The molecule has 10 nitrogen and oxygen atoms in total. The monoisotopic (exact) mass is 566 g/mol. The molecule has 0 saturated carbocycles. The molecule has 14 heteroatoms. The van der Waals surface area contributed by atoms with E-state index in [1.54, 1.807) is 6.07 Å². The number of urea groups is 1. The van der Waals surface area contributed by atoms with Crippen LogP contribution in [0.3, 0.4) is 0 Å². The SMILES string of the molecule is CNC(=O)c1cc(Oc2ccc(NC(=O)Nc3cc(C(F)(F)F)c(Cl)cc3OCCCC(=O)O)cc2)ccn1. The van der Waals surface area contributed by atoms with Gasteiger partial charge in [0, 0.05) is 37.5 Å². The number of carboxylic acids is 1. The van der Waals surface area contributed by atoms with Gasteiger partial charge < -0.3 is 30.5 Å². The van der Waals surface area contributed by atoms with Crippen molar-refractivity contribution < 1.29 is 42.1 Å². The first-order valence-corrected chi connectivity index (χ1v) is 11.6. The van der Waals surface area contributed by atoms with Gasteiger partial charge in [-0.3, -0.25) is 14.6 Å². The van der Waals surface area contributed by atoms with Crippen LogP contribution in [0.15, 0.2) is 54.7 Å². The van der Waals surface area contributed by atoms with Gasteiger partial charge in [0.05, 0.1) is 22.9 Å². The summed E-state index contributed by atoms with van der Waals surface area (Å²) in [5, 5.41) is 15.3. The molecule has 3 rings (SSSR count). The van der Waals surface area contributed by atoms with Crippen LogP contribution >= 0.6 is 11.6 Å². The fourth-order valence-corrected chi connectivity index (χ4v) is 3.41. The number of aromatic nitrogens is 1. The quantitative estimate of drug-likeness (QED) is 0.228. The van der Waals surface area contributed by atoms with Crippen molar-refractivity contribution >= 4 is 40.9 Å². The number of ether oxygens (including phenoxy) is 2. The van der Waals surface area contributed by atoms with Crippen molar-refractivity contribution in [3.63, 3.8) is 0 Å². The third kappa shape index (κ3) is 8.50. The topological polar surface area (TPSA) is 139 Å². The summed E-state index contributed by atoms with van der Waals surface area (Å²) < 4.78 is 51.1. The molecule has 1 heterocycles. The zero-order valence-electron chi connectivity index (χ0n) is 20.3. The molecule has 4 N–H and O–H groups in total. The lowest BCUT2D eigenvalue weighted by Gasteiger charge is -2.17. The van der Waals surface area contributed by atoms with Crippen molar-refractivity contribution in [2.24, 2.45) is 0 Å². The van der Waals surface area contributed by atoms with E-state index in [-0.39, 0.29) is 48.2 Å². The van der Waals surface area contributed by atoms with Crippen LogP contribution in [-0.4, -0.2) is 41.7 Å². The molecule has 0 fully saturated rings. The van der Waals surface area contributed by atoms with Crippen molar-refractivity contribution in [3.8, 4) is 17.2 Å².